The van der Waals surface area contributed by atoms with Crippen LogP contribution in [0.4, 0.5) is 0 Å². The molecule has 1 rings (SSSR count). The fourth-order valence-corrected chi connectivity index (χ4v) is 2.25. The number of benzene rings is 1. The predicted molar refractivity (Wildman–Crippen MR) is 84.0 cm³/mol. The number of halogens is 2. The van der Waals surface area contributed by atoms with Gasteiger partial charge >= 0.3 is 0 Å². The fourth-order valence-electron chi connectivity index (χ4n) is 1.70. The van der Waals surface area contributed by atoms with Crippen LogP contribution in [-0.2, 0) is 25.5 Å². The van der Waals surface area contributed by atoms with Gasteiger partial charge in [0.05, 0.1) is 13.2 Å². The van der Waals surface area contributed by atoms with E-state index in [-0.39, 0.29) is 19.6 Å². The Morgan fingerprint density at radius 1 is 1.27 bits per heavy atom. The quantitative estimate of drug-likeness (QED) is 0.655. The molecule has 0 aliphatic rings. The number of nitrogens with two attached hydrogens (primary N) is 1. The molecule has 0 saturated heterocycles. The third-order valence-electron chi connectivity index (χ3n) is 2.81. The summed E-state index contributed by atoms with van der Waals surface area (Å²) in [5.41, 5.74) is 5.86. The minimum absolute atomic E-state index is 0.109. The maximum atomic E-state index is 11.7. The van der Waals surface area contributed by atoms with Gasteiger partial charge in [0.25, 0.3) is 0 Å². The monoisotopic (exact) mass is 348 g/mol. The first-order valence-corrected chi connectivity index (χ1v) is 7.29. The molecular formula is C14H18Cl2N2O4. The summed E-state index contributed by atoms with van der Waals surface area (Å²) in [6.45, 7) is 0.465. The molecule has 122 valence electrons. The van der Waals surface area contributed by atoms with Crippen LogP contribution in [0.3, 0.4) is 0 Å². The molecule has 6 nitrogen and oxygen atoms in total. The zero-order valence-corrected chi connectivity index (χ0v) is 13.6. The molecule has 3 N–H and O–H groups in total. The van der Waals surface area contributed by atoms with E-state index in [4.69, 9.17) is 38.4 Å². The Bertz CT molecular complexity index is 505. The van der Waals surface area contributed by atoms with Crippen molar-refractivity contribution in [1.29, 1.82) is 0 Å². The smallest absolute Gasteiger partial charge is 0.246 e. The number of ether oxygens (including phenoxy) is 2. The van der Waals surface area contributed by atoms with Gasteiger partial charge in [-0.3, -0.25) is 9.59 Å². The van der Waals surface area contributed by atoms with Crippen molar-refractivity contribution in [2.24, 2.45) is 5.73 Å². The molecule has 0 unspecified atom stereocenters. The Labute approximate surface area is 138 Å². The van der Waals surface area contributed by atoms with Gasteiger partial charge in [-0.25, -0.2) is 0 Å². The Morgan fingerprint density at radius 2 is 1.91 bits per heavy atom. The normalized spacial score (nSPS) is 12.0. The second-order valence-corrected chi connectivity index (χ2v) is 5.29. The molecule has 0 aromatic heterocycles. The minimum atomic E-state index is -0.920. The van der Waals surface area contributed by atoms with Crippen molar-refractivity contribution < 1.29 is 19.1 Å². The number of methoxy groups -OCH3 is 1. The summed E-state index contributed by atoms with van der Waals surface area (Å²) >= 11 is 12.1. The molecule has 0 aliphatic carbocycles. The lowest BCUT2D eigenvalue weighted by atomic mass is 10.1. The molecule has 2 amide bonds. The van der Waals surface area contributed by atoms with E-state index in [0.29, 0.717) is 22.2 Å². The first-order valence-electron chi connectivity index (χ1n) is 6.54. The van der Waals surface area contributed by atoms with Crippen molar-refractivity contribution in [3.8, 4) is 0 Å². The maximum Gasteiger partial charge on any atom is 0.246 e. The average molecular weight is 349 g/mol. The Morgan fingerprint density at radius 3 is 2.45 bits per heavy atom. The Hall–Kier alpha value is -1.34. The van der Waals surface area contributed by atoms with Crippen LogP contribution in [0.25, 0.3) is 0 Å². The number of carbonyl (C=O) groups is 2. The molecule has 0 bridgehead atoms. The SMILES string of the molecule is COCCOCC(=O)N[C@@H](Cc1c(Cl)cccc1Cl)C(N)=O. The van der Waals surface area contributed by atoms with Crippen molar-refractivity contribution in [3.05, 3.63) is 33.8 Å². The topological polar surface area (TPSA) is 90.7 Å². The molecule has 0 radical (unpaired) electrons. The molecular weight excluding hydrogens is 331 g/mol. The van der Waals surface area contributed by atoms with Gasteiger partial charge in [0, 0.05) is 23.6 Å². The first kappa shape index (κ1) is 18.7. The minimum Gasteiger partial charge on any atom is -0.382 e. The van der Waals surface area contributed by atoms with E-state index < -0.39 is 17.9 Å². The van der Waals surface area contributed by atoms with E-state index in [0.717, 1.165) is 0 Å². The molecule has 1 aromatic rings. The van der Waals surface area contributed by atoms with Crippen LogP contribution in [0.5, 0.6) is 0 Å². The summed E-state index contributed by atoms with van der Waals surface area (Å²) in [5.74, 6) is -1.13. The van der Waals surface area contributed by atoms with Crippen LogP contribution in [0.15, 0.2) is 18.2 Å². The fraction of sp³-hybridized carbons (Fsp3) is 0.429. The second-order valence-electron chi connectivity index (χ2n) is 4.47. The van der Waals surface area contributed by atoms with Crippen molar-refractivity contribution in [3.63, 3.8) is 0 Å². The number of carbonyl (C=O) groups excluding carboxylic acids is 2. The van der Waals surface area contributed by atoms with E-state index in [9.17, 15) is 9.59 Å². The number of nitrogens with one attached hydrogen (secondary N) is 1. The molecule has 22 heavy (non-hydrogen) atoms. The van der Waals surface area contributed by atoms with Crippen LogP contribution in [0.2, 0.25) is 10.0 Å². The van der Waals surface area contributed by atoms with Crippen LogP contribution in [0.1, 0.15) is 5.56 Å². The van der Waals surface area contributed by atoms with Crippen LogP contribution in [0, 0.1) is 0 Å². The van der Waals surface area contributed by atoms with Crippen molar-refractivity contribution >= 4 is 35.0 Å². The molecule has 0 saturated carbocycles. The van der Waals surface area contributed by atoms with Gasteiger partial charge in [-0.15, -0.1) is 0 Å². The van der Waals surface area contributed by atoms with Crippen molar-refractivity contribution in [1.82, 2.24) is 5.32 Å². The third kappa shape index (κ3) is 6.19. The Balaban J connectivity index is 2.63. The lowest BCUT2D eigenvalue weighted by molar-refractivity contribution is -0.130. The highest BCUT2D eigenvalue weighted by atomic mass is 35.5. The number of rotatable bonds is 9. The van der Waals surface area contributed by atoms with Crippen LogP contribution in [-0.4, -0.2) is 44.8 Å². The largest absolute Gasteiger partial charge is 0.382 e. The van der Waals surface area contributed by atoms with Gasteiger partial charge in [0.1, 0.15) is 12.6 Å². The molecule has 8 heteroatoms. The number of hydrogen-bond donors (Lipinski definition) is 2. The second kappa shape index (κ2) is 9.63. The number of primary amides is 1. The highest BCUT2D eigenvalue weighted by Crippen LogP contribution is 2.25. The molecule has 0 spiro atoms. The van der Waals surface area contributed by atoms with Gasteiger partial charge in [-0.2, -0.15) is 0 Å². The molecule has 0 aliphatic heterocycles. The van der Waals surface area contributed by atoms with Gasteiger partial charge in [0.2, 0.25) is 11.8 Å². The molecule has 1 aromatic carbocycles. The lowest BCUT2D eigenvalue weighted by Gasteiger charge is -2.17. The standard InChI is InChI=1S/C14H18Cl2N2O4/c1-21-5-6-22-8-13(19)18-12(14(17)20)7-9-10(15)3-2-4-11(9)16/h2-4,12H,5-8H2,1H3,(H2,17,20)(H,18,19)/t12-/m0/s1. The van der Waals surface area contributed by atoms with E-state index in [1.54, 1.807) is 18.2 Å². The Kier molecular flexibility index (Phi) is 8.19. The van der Waals surface area contributed by atoms with Gasteiger partial charge in [-0.05, 0) is 17.7 Å². The molecule has 1 atom stereocenters. The molecule has 0 fully saturated rings. The third-order valence-corrected chi connectivity index (χ3v) is 3.52. The summed E-state index contributed by atoms with van der Waals surface area (Å²) in [5, 5.41) is 3.31. The molecule has 0 heterocycles. The van der Waals surface area contributed by atoms with E-state index >= 15 is 0 Å². The van der Waals surface area contributed by atoms with Crippen molar-refractivity contribution in [2.75, 3.05) is 26.9 Å². The summed E-state index contributed by atoms with van der Waals surface area (Å²) in [7, 11) is 1.53. The maximum absolute atomic E-state index is 11.7. The van der Waals surface area contributed by atoms with E-state index in [2.05, 4.69) is 5.32 Å². The average Bonchev–Trinajstić information content (AvgIpc) is 2.46. The summed E-state index contributed by atoms with van der Waals surface area (Å²) in [4.78, 5) is 23.2. The highest BCUT2D eigenvalue weighted by Gasteiger charge is 2.21. The highest BCUT2D eigenvalue weighted by molar-refractivity contribution is 6.36. The van der Waals surface area contributed by atoms with Crippen molar-refractivity contribution in [2.45, 2.75) is 12.5 Å². The first-order chi connectivity index (χ1) is 10.5. The zero-order chi connectivity index (χ0) is 16.5. The van der Waals surface area contributed by atoms with E-state index in [1.165, 1.54) is 7.11 Å². The lowest BCUT2D eigenvalue weighted by Crippen LogP contribution is -2.47. The van der Waals surface area contributed by atoms with Crippen LogP contribution < -0.4 is 11.1 Å². The van der Waals surface area contributed by atoms with Crippen LogP contribution >= 0.6 is 23.2 Å². The summed E-state index contributed by atoms with van der Waals surface area (Å²) in [6.07, 6.45) is 0.109. The van der Waals surface area contributed by atoms with E-state index in [1.807, 2.05) is 0 Å². The predicted octanol–water partition coefficient (Wildman–Crippen LogP) is 1.17. The van der Waals surface area contributed by atoms with Gasteiger partial charge in [0.15, 0.2) is 0 Å². The van der Waals surface area contributed by atoms with Gasteiger partial charge in [-0.1, -0.05) is 29.3 Å². The van der Waals surface area contributed by atoms with Gasteiger partial charge < -0.3 is 20.5 Å². The summed E-state index contributed by atoms with van der Waals surface area (Å²) in [6, 6.07) is 4.07. The summed E-state index contributed by atoms with van der Waals surface area (Å²) < 4.78 is 9.86. The number of hydrogen-bond acceptors (Lipinski definition) is 4. The zero-order valence-electron chi connectivity index (χ0n) is 12.1. The number of amides is 2.